The van der Waals surface area contributed by atoms with Crippen LogP contribution in [0.25, 0.3) is 0 Å². The van der Waals surface area contributed by atoms with Crippen LogP contribution in [0.15, 0.2) is 0 Å². The van der Waals surface area contributed by atoms with Crippen LogP contribution >= 0.6 is 11.8 Å². The van der Waals surface area contributed by atoms with Crippen molar-refractivity contribution in [2.45, 2.75) is 12.1 Å². The van der Waals surface area contributed by atoms with Gasteiger partial charge in [0.2, 0.25) is 0 Å². The maximum absolute atomic E-state index is 9.16. The Balaban J connectivity index is 2.07. The first kappa shape index (κ1) is 5.97. The van der Waals surface area contributed by atoms with Gasteiger partial charge in [0.15, 0.2) is 0 Å². The molecule has 0 aromatic rings. The average Bonchev–Trinajstić information content (AvgIpc) is 2.35. The quantitative estimate of drug-likeness (QED) is 0.493. The van der Waals surface area contributed by atoms with Gasteiger partial charge in [-0.1, -0.05) is 0 Å². The highest BCUT2D eigenvalue weighted by Gasteiger charge is 2.36. The van der Waals surface area contributed by atoms with E-state index in [0.717, 1.165) is 11.5 Å². The van der Waals surface area contributed by atoms with E-state index in [1.807, 2.05) is 11.8 Å². The van der Waals surface area contributed by atoms with Crippen molar-refractivity contribution < 1.29 is 5.21 Å². The van der Waals surface area contributed by atoms with E-state index in [0.29, 0.717) is 18.8 Å². The highest BCUT2D eigenvalue weighted by atomic mass is 32.2. The molecule has 0 aromatic heterocycles. The summed E-state index contributed by atoms with van der Waals surface area (Å²) in [7, 11) is 0. The summed E-state index contributed by atoms with van der Waals surface area (Å²) in [5.74, 6) is 2.23. The predicted octanol–water partition coefficient (Wildman–Crippen LogP) is -0.278. The Morgan fingerprint density at radius 3 is 3.22 bits per heavy atom. The lowest BCUT2D eigenvalue weighted by Crippen LogP contribution is -2.32. The fourth-order valence-corrected chi connectivity index (χ4v) is 2.74. The van der Waals surface area contributed by atoms with Gasteiger partial charge in [-0.05, 0) is 0 Å². The van der Waals surface area contributed by atoms with Gasteiger partial charge in [0.25, 0.3) is 0 Å². The lowest BCUT2D eigenvalue weighted by Gasteiger charge is -2.12. The third-order valence-electron chi connectivity index (χ3n) is 1.95. The third kappa shape index (κ3) is 0.864. The fourth-order valence-electron chi connectivity index (χ4n) is 1.36. The molecule has 3 nitrogen and oxygen atoms in total. The minimum absolute atomic E-state index is 0.384. The van der Waals surface area contributed by atoms with E-state index in [1.54, 1.807) is 0 Å². The van der Waals surface area contributed by atoms with E-state index >= 15 is 0 Å². The molecular weight excluding hydrogens is 136 g/mol. The number of fused-ring (bicyclic) bond motifs is 1. The topological polar surface area (TPSA) is 35.5 Å². The van der Waals surface area contributed by atoms with Crippen molar-refractivity contribution >= 4 is 11.8 Å². The van der Waals surface area contributed by atoms with Gasteiger partial charge in [0.05, 0.1) is 12.7 Å². The molecule has 2 fully saturated rings. The fraction of sp³-hybridized carbons (Fsp3) is 1.00. The second-order valence-corrected chi connectivity index (χ2v) is 3.59. The molecule has 52 valence electrons. The van der Waals surface area contributed by atoms with Gasteiger partial charge >= 0.3 is 0 Å². The number of rotatable bonds is 0. The molecule has 2 aliphatic heterocycles. The summed E-state index contributed by atoms with van der Waals surface area (Å²) < 4.78 is 0. The van der Waals surface area contributed by atoms with Crippen LogP contribution in [0.2, 0.25) is 0 Å². The molecule has 2 heterocycles. The number of nitrogens with one attached hydrogen (secondary N) is 1. The van der Waals surface area contributed by atoms with Crippen LogP contribution in [0.5, 0.6) is 0 Å². The van der Waals surface area contributed by atoms with Crippen LogP contribution in [0, 0.1) is 0 Å². The van der Waals surface area contributed by atoms with E-state index in [1.165, 1.54) is 5.06 Å². The van der Waals surface area contributed by atoms with Crippen LogP contribution in [0.3, 0.4) is 0 Å². The third-order valence-corrected chi connectivity index (χ3v) is 3.12. The number of thioether (sulfide) groups is 1. The van der Waals surface area contributed by atoms with E-state index in [2.05, 4.69) is 5.32 Å². The van der Waals surface area contributed by atoms with Crippen LogP contribution < -0.4 is 5.32 Å². The van der Waals surface area contributed by atoms with Crippen LogP contribution in [-0.2, 0) is 0 Å². The number of hydrogen-bond acceptors (Lipinski definition) is 4. The van der Waals surface area contributed by atoms with Gasteiger partial charge in [0.1, 0.15) is 0 Å². The van der Waals surface area contributed by atoms with Crippen molar-refractivity contribution in [3.8, 4) is 0 Å². The predicted molar refractivity (Wildman–Crippen MR) is 36.5 cm³/mol. The van der Waals surface area contributed by atoms with Gasteiger partial charge in [-0.25, -0.2) is 0 Å². The van der Waals surface area contributed by atoms with Crippen LogP contribution in [0.1, 0.15) is 0 Å². The number of hydrogen-bond donors (Lipinski definition) is 2. The largest absolute Gasteiger partial charge is 0.312 e. The van der Waals surface area contributed by atoms with Crippen molar-refractivity contribution in [2.24, 2.45) is 0 Å². The number of nitrogens with zero attached hydrogens (tertiary/aromatic N) is 1. The Hall–Kier alpha value is 0.230. The van der Waals surface area contributed by atoms with Gasteiger partial charge in [-0.15, -0.1) is 0 Å². The monoisotopic (exact) mass is 146 g/mol. The van der Waals surface area contributed by atoms with Gasteiger partial charge < -0.3 is 5.21 Å². The molecule has 0 radical (unpaired) electrons. The van der Waals surface area contributed by atoms with Crippen molar-refractivity contribution in [3.63, 3.8) is 0 Å². The highest BCUT2D eigenvalue weighted by molar-refractivity contribution is 7.99. The summed E-state index contributed by atoms with van der Waals surface area (Å²) in [5.41, 5.74) is 0. The Morgan fingerprint density at radius 2 is 2.44 bits per heavy atom. The summed E-state index contributed by atoms with van der Waals surface area (Å²) in [6, 6.07) is 0.926. The first-order valence-corrected chi connectivity index (χ1v) is 4.30. The zero-order chi connectivity index (χ0) is 6.27. The summed E-state index contributed by atoms with van der Waals surface area (Å²) >= 11 is 1.91. The standard InChI is InChI=1S/C5H10N2OS/c8-7-3-6-4-1-9-2-5(4)7/h4-6,8H,1-3H2. The van der Waals surface area contributed by atoms with Gasteiger partial charge in [0, 0.05) is 17.5 Å². The zero-order valence-electron chi connectivity index (χ0n) is 5.08. The van der Waals surface area contributed by atoms with E-state index < -0.39 is 0 Å². The molecule has 2 saturated heterocycles. The SMILES string of the molecule is ON1CNC2CSCC21. The first-order chi connectivity index (χ1) is 4.38. The Kier molecular flexibility index (Phi) is 1.41. The maximum atomic E-state index is 9.16. The molecule has 0 aliphatic carbocycles. The molecule has 0 aromatic carbocycles. The molecule has 2 atom stereocenters. The minimum Gasteiger partial charge on any atom is -0.312 e. The van der Waals surface area contributed by atoms with E-state index in [-0.39, 0.29) is 0 Å². The summed E-state index contributed by atoms with van der Waals surface area (Å²) in [5, 5.41) is 13.8. The highest BCUT2D eigenvalue weighted by Crippen LogP contribution is 2.24. The number of hydroxylamine groups is 2. The average molecular weight is 146 g/mol. The molecule has 2 rings (SSSR count). The lowest BCUT2D eigenvalue weighted by atomic mass is 10.2. The summed E-state index contributed by atoms with van der Waals surface area (Å²) in [4.78, 5) is 0. The van der Waals surface area contributed by atoms with Gasteiger partial charge in [-0.3, -0.25) is 5.32 Å². The molecule has 2 N–H and O–H groups in total. The lowest BCUT2D eigenvalue weighted by molar-refractivity contribution is -0.0970. The minimum atomic E-state index is 0.384. The Bertz CT molecular complexity index is 122. The Labute approximate surface area is 58.4 Å². The normalized spacial score (nSPS) is 43.7. The van der Waals surface area contributed by atoms with Crippen LogP contribution in [-0.4, -0.2) is 40.5 Å². The molecule has 4 heteroatoms. The second kappa shape index (κ2) is 2.12. The smallest absolute Gasteiger partial charge is 0.0736 e. The van der Waals surface area contributed by atoms with E-state index in [9.17, 15) is 0 Å². The van der Waals surface area contributed by atoms with Crippen molar-refractivity contribution in [1.29, 1.82) is 0 Å². The van der Waals surface area contributed by atoms with Crippen LogP contribution in [0.4, 0.5) is 0 Å². The van der Waals surface area contributed by atoms with Crippen molar-refractivity contribution in [1.82, 2.24) is 10.4 Å². The maximum Gasteiger partial charge on any atom is 0.0736 e. The molecule has 0 saturated carbocycles. The molecule has 2 aliphatic rings. The molecule has 2 unspecified atom stereocenters. The summed E-state index contributed by atoms with van der Waals surface area (Å²) in [6.07, 6.45) is 0. The van der Waals surface area contributed by atoms with Crippen molar-refractivity contribution in [3.05, 3.63) is 0 Å². The molecule has 0 spiro atoms. The van der Waals surface area contributed by atoms with Gasteiger partial charge in [-0.2, -0.15) is 16.8 Å². The van der Waals surface area contributed by atoms with E-state index in [4.69, 9.17) is 5.21 Å². The Morgan fingerprint density at radius 1 is 1.56 bits per heavy atom. The molecule has 0 amide bonds. The van der Waals surface area contributed by atoms with Crippen molar-refractivity contribution in [2.75, 3.05) is 18.2 Å². The molecular formula is C5H10N2OS. The summed E-state index contributed by atoms with van der Waals surface area (Å²) in [6.45, 7) is 0.649. The first-order valence-electron chi connectivity index (χ1n) is 3.14. The zero-order valence-corrected chi connectivity index (χ0v) is 5.90. The molecule has 0 bridgehead atoms. The molecule has 9 heavy (non-hydrogen) atoms. The second-order valence-electron chi connectivity index (χ2n) is 2.51.